The highest BCUT2D eigenvalue weighted by Gasteiger charge is 2.08. The molecule has 18 heavy (non-hydrogen) atoms. The van der Waals surface area contributed by atoms with E-state index in [0.29, 0.717) is 22.4 Å². The van der Waals surface area contributed by atoms with Crippen LogP contribution in [0.1, 0.15) is 5.56 Å². The van der Waals surface area contributed by atoms with Gasteiger partial charge in [-0.25, -0.2) is 9.37 Å². The molecule has 1 heterocycles. The summed E-state index contributed by atoms with van der Waals surface area (Å²) in [5.74, 6) is 0.253. The van der Waals surface area contributed by atoms with E-state index >= 15 is 0 Å². The monoisotopic (exact) mass is 237 g/mol. The van der Waals surface area contributed by atoms with Crippen LogP contribution in [-0.2, 0) is 0 Å². The summed E-state index contributed by atoms with van der Waals surface area (Å²) in [5, 5.41) is 8.73. The molecule has 4 heteroatoms. The first-order valence-corrected chi connectivity index (χ1v) is 5.43. The molecule has 86 valence electrons. The molecule has 0 unspecified atom stereocenters. The summed E-state index contributed by atoms with van der Waals surface area (Å²) in [6.45, 7) is 0. The Hall–Kier alpha value is -2.67. The van der Waals surface area contributed by atoms with Crippen LogP contribution in [-0.4, -0.2) is 9.97 Å². The van der Waals surface area contributed by atoms with Crippen molar-refractivity contribution in [2.75, 3.05) is 0 Å². The van der Waals surface area contributed by atoms with Gasteiger partial charge in [-0.05, 0) is 36.4 Å². The highest BCUT2D eigenvalue weighted by Crippen LogP contribution is 2.22. The summed E-state index contributed by atoms with van der Waals surface area (Å²) in [5.41, 5.74) is 2.40. The zero-order valence-corrected chi connectivity index (χ0v) is 9.31. The molecule has 0 amide bonds. The number of aromatic nitrogens is 2. The molecule has 0 bridgehead atoms. The standard InChI is InChI=1S/C14H8FN3/c15-11-2-1-3-12-13(11)18-14(17-12)10-6-4-9(8-16)5-7-10/h1-7H,(H,17,18). The Balaban J connectivity index is 2.14. The van der Waals surface area contributed by atoms with Gasteiger partial charge in [0.05, 0.1) is 17.1 Å². The van der Waals surface area contributed by atoms with Crippen molar-refractivity contribution in [3.05, 3.63) is 53.8 Å². The van der Waals surface area contributed by atoms with Crippen molar-refractivity contribution in [2.24, 2.45) is 0 Å². The van der Waals surface area contributed by atoms with Crippen LogP contribution in [0.15, 0.2) is 42.5 Å². The molecule has 0 atom stereocenters. The van der Waals surface area contributed by atoms with Gasteiger partial charge in [0.25, 0.3) is 0 Å². The molecule has 0 radical (unpaired) electrons. The highest BCUT2D eigenvalue weighted by atomic mass is 19.1. The number of nitriles is 1. The fraction of sp³-hybridized carbons (Fsp3) is 0. The Morgan fingerprint density at radius 1 is 1.11 bits per heavy atom. The zero-order chi connectivity index (χ0) is 12.5. The number of para-hydroxylation sites is 1. The molecular formula is C14H8FN3. The molecule has 3 aromatic rings. The number of fused-ring (bicyclic) bond motifs is 1. The van der Waals surface area contributed by atoms with Gasteiger partial charge in [-0.15, -0.1) is 0 Å². The molecule has 1 N–H and O–H groups in total. The number of halogens is 1. The predicted molar refractivity (Wildman–Crippen MR) is 66.2 cm³/mol. The molecule has 2 aromatic carbocycles. The summed E-state index contributed by atoms with van der Waals surface area (Å²) >= 11 is 0. The van der Waals surface area contributed by atoms with Gasteiger partial charge >= 0.3 is 0 Å². The van der Waals surface area contributed by atoms with Crippen LogP contribution in [0.25, 0.3) is 22.4 Å². The Labute approximate surface area is 103 Å². The van der Waals surface area contributed by atoms with E-state index in [1.165, 1.54) is 6.07 Å². The molecule has 1 aromatic heterocycles. The molecular weight excluding hydrogens is 229 g/mol. The molecule has 0 saturated heterocycles. The van der Waals surface area contributed by atoms with Crippen molar-refractivity contribution in [3.8, 4) is 17.5 Å². The van der Waals surface area contributed by atoms with E-state index < -0.39 is 0 Å². The summed E-state index contributed by atoms with van der Waals surface area (Å²) in [4.78, 5) is 7.28. The van der Waals surface area contributed by atoms with Crippen molar-refractivity contribution in [1.29, 1.82) is 5.26 Å². The Morgan fingerprint density at radius 2 is 1.89 bits per heavy atom. The Bertz CT molecular complexity index is 751. The lowest BCUT2D eigenvalue weighted by Gasteiger charge is -1.95. The number of nitrogens with zero attached hydrogens (tertiary/aromatic N) is 2. The van der Waals surface area contributed by atoms with Crippen LogP contribution in [0.5, 0.6) is 0 Å². The molecule has 0 aliphatic heterocycles. The fourth-order valence-corrected chi connectivity index (χ4v) is 1.84. The second-order valence-corrected chi connectivity index (χ2v) is 3.91. The molecule has 3 rings (SSSR count). The second kappa shape index (κ2) is 3.97. The number of benzene rings is 2. The molecule has 0 fully saturated rings. The highest BCUT2D eigenvalue weighted by molar-refractivity contribution is 5.79. The summed E-state index contributed by atoms with van der Waals surface area (Å²) < 4.78 is 13.5. The van der Waals surface area contributed by atoms with E-state index in [0.717, 1.165) is 5.56 Å². The van der Waals surface area contributed by atoms with E-state index in [1.54, 1.807) is 36.4 Å². The normalized spacial score (nSPS) is 10.4. The van der Waals surface area contributed by atoms with E-state index in [9.17, 15) is 4.39 Å². The topological polar surface area (TPSA) is 52.5 Å². The molecule has 0 aliphatic rings. The van der Waals surface area contributed by atoms with Crippen LogP contribution >= 0.6 is 0 Å². The third-order valence-electron chi connectivity index (χ3n) is 2.75. The van der Waals surface area contributed by atoms with E-state index in [-0.39, 0.29) is 5.82 Å². The first-order valence-electron chi connectivity index (χ1n) is 5.43. The third kappa shape index (κ3) is 1.62. The van der Waals surface area contributed by atoms with Gasteiger partial charge < -0.3 is 4.98 Å². The van der Waals surface area contributed by atoms with Crippen LogP contribution in [0, 0.1) is 17.1 Å². The quantitative estimate of drug-likeness (QED) is 0.706. The SMILES string of the molecule is N#Cc1ccc(-c2nc3c(F)cccc3[nH]2)cc1. The average molecular weight is 237 g/mol. The van der Waals surface area contributed by atoms with Gasteiger partial charge in [-0.3, -0.25) is 0 Å². The van der Waals surface area contributed by atoms with Gasteiger partial charge in [0.1, 0.15) is 11.3 Å². The van der Waals surface area contributed by atoms with Crippen molar-refractivity contribution >= 4 is 11.0 Å². The minimum atomic E-state index is -0.344. The van der Waals surface area contributed by atoms with Crippen LogP contribution in [0.2, 0.25) is 0 Å². The number of hydrogen-bond donors (Lipinski definition) is 1. The van der Waals surface area contributed by atoms with Gasteiger partial charge in [-0.1, -0.05) is 6.07 Å². The number of nitrogens with one attached hydrogen (secondary N) is 1. The van der Waals surface area contributed by atoms with E-state index in [2.05, 4.69) is 16.0 Å². The number of hydrogen-bond acceptors (Lipinski definition) is 2. The van der Waals surface area contributed by atoms with E-state index in [1.807, 2.05) is 0 Å². The lowest BCUT2D eigenvalue weighted by molar-refractivity contribution is 0.637. The number of imidazole rings is 1. The first-order chi connectivity index (χ1) is 8.78. The van der Waals surface area contributed by atoms with E-state index in [4.69, 9.17) is 5.26 Å². The zero-order valence-electron chi connectivity index (χ0n) is 9.31. The molecule has 0 aliphatic carbocycles. The number of H-pyrrole nitrogens is 1. The summed E-state index contributed by atoms with van der Waals surface area (Å²) in [7, 11) is 0. The largest absolute Gasteiger partial charge is 0.338 e. The van der Waals surface area contributed by atoms with Crippen molar-refractivity contribution in [1.82, 2.24) is 9.97 Å². The average Bonchev–Trinajstić information content (AvgIpc) is 2.84. The maximum Gasteiger partial charge on any atom is 0.151 e. The van der Waals surface area contributed by atoms with Crippen LogP contribution < -0.4 is 0 Å². The molecule has 0 saturated carbocycles. The minimum absolute atomic E-state index is 0.330. The van der Waals surface area contributed by atoms with Crippen LogP contribution in [0.3, 0.4) is 0 Å². The first kappa shape index (κ1) is 10.5. The number of aromatic amines is 1. The predicted octanol–water partition coefficient (Wildman–Crippen LogP) is 3.24. The van der Waals surface area contributed by atoms with Gasteiger partial charge in [0.2, 0.25) is 0 Å². The number of rotatable bonds is 1. The fourth-order valence-electron chi connectivity index (χ4n) is 1.84. The van der Waals surface area contributed by atoms with Crippen LogP contribution in [0.4, 0.5) is 4.39 Å². The lowest BCUT2D eigenvalue weighted by Crippen LogP contribution is -1.81. The van der Waals surface area contributed by atoms with Gasteiger partial charge in [0.15, 0.2) is 5.82 Å². The summed E-state index contributed by atoms with van der Waals surface area (Å²) in [6.07, 6.45) is 0. The maximum absolute atomic E-state index is 13.5. The minimum Gasteiger partial charge on any atom is -0.338 e. The summed E-state index contributed by atoms with van der Waals surface area (Å²) in [6, 6.07) is 13.8. The van der Waals surface area contributed by atoms with Crippen molar-refractivity contribution in [3.63, 3.8) is 0 Å². The van der Waals surface area contributed by atoms with Gasteiger partial charge in [-0.2, -0.15) is 5.26 Å². The Morgan fingerprint density at radius 3 is 2.56 bits per heavy atom. The lowest BCUT2D eigenvalue weighted by atomic mass is 10.1. The molecule has 0 spiro atoms. The Kier molecular flexibility index (Phi) is 2.31. The van der Waals surface area contributed by atoms with Gasteiger partial charge in [0, 0.05) is 5.56 Å². The molecule has 3 nitrogen and oxygen atoms in total. The maximum atomic E-state index is 13.5. The van der Waals surface area contributed by atoms with Crippen molar-refractivity contribution in [2.45, 2.75) is 0 Å². The smallest absolute Gasteiger partial charge is 0.151 e. The second-order valence-electron chi connectivity index (χ2n) is 3.91. The van der Waals surface area contributed by atoms with Crippen molar-refractivity contribution < 1.29 is 4.39 Å². The third-order valence-corrected chi connectivity index (χ3v) is 2.75.